The number of Topliss-reactive ketones (excluding diaryl/α,β-unsaturated/α-hetero) is 1. The number of carbonyl (C=O) groups excluding carboxylic acids is 7. The number of aliphatic hydroxyl groups is 4. The van der Waals surface area contributed by atoms with Crippen molar-refractivity contribution in [2.45, 2.75) is 148 Å². The average Bonchev–Trinajstić information content (AvgIpc) is 0.791. The third-order valence-electron chi connectivity index (χ3n) is 17.4. The van der Waals surface area contributed by atoms with Crippen LogP contribution in [0.15, 0.2) is 115 Å². The number of amides is 1. The average molecular weight is 1250 g/mol. The summed E-state index contributed by atoms with van der Waals surface area (Å²) in [5.74, 6) is -4.85. The molecule has 0 unspecified atom stereocenters. The van der Waals surface area contributed by atoms with E-state index < -0.39 is 112 Å². The number of nitrogens with zero attached hydrogens (tertiary/aromatic N) is 4. The number of aromatic nitrogens is 4. The molecule has 5 N–H and O–H groups in total. The Balaban J connectivity index is 0.000000285. The highest BCUT2D eigenvalue weighted by molar-refractivity contribution is 6.26. The lowest BCUT2D eigenvalue weighted by Crippen LogP contribution is -3.00. The maximum absolute atomic E-state index is 14.9. The van der Waals surface area contributed by atoms with Gasteiger partial charge in [-0.2, -0.15) is 0 Å². The van der Waals surface area contributed by atoms with E-state index in [1.807, 2.05) is 16.1 Å². The van der Waals surface area contributed by atoms with E-state index in [1.165, 1.54) is 26.0 Å². The van der Waals surface area contributed by atoms with Crippen LogP contribution in [0.1, 0.15) is 134 Å². The second-order valence-electron chi connectivity index (χ2n) is 23.9. The molecule has 458 valence electrons. The third-order valence-corrected chi connectivity index (χ3v) is 17.4. The van der Waals surface area contributed by atoms with Crippen LogP contribution in [0.3, 0.4) is 0 Å². The van der Waals surface area contributed by atoms with Gasteiger partial charge in [0.1, 0.15) is 54.4 Å². The molecule has 3 heterocycles. The van der Waals surface area contributed by atoms with E-state index in [4.69, 9.17) is 28.4 Å². The molecule has 86 heavy (non-hydrogen) atoms. The normalized spacial score (nSPS) is 26.7. The van der Waals surface area contributed by atoms with Crippen LogP contribution in [0.2, 0.25) is 0 Å². The first-order valence-electron chi connectivity index (χ1n) is 28.0. The van der Waals surface area contributed by atoms with Crippen LogP contribution in [0.5, 0.6) is 0 Å². The number of ketones is 3. The van der Waals surface area contributed by atoms with E-state index in [0.717, 1.165) is 18.4 Å². The van der Waals surface area contributed by atoms with E-state index in [9.17, 15) is 54.0 Å². The predicted octanol–water partition coefficient (Wildman–Crippen LogP) is 1.61. The number of fused-ring (bicyclic) bond motifs is 7. The van der Waals surface area contributed by atoms with Gasteiger partial charge in [0.05, 0.1) is 48.5 Å². The van der Waals surface area contributed by atoms with Crippen molar-refractivity contribution in [1.29, 1.82) is 0 Å². The van der Waals surface area contributed by atoms with Crippen molar-refractivity contribution in [2.24, 2.45) is 16.7 Å². The number of nitrogens with one attached hydrogen (secondary N) is 1. The van der Waals surface area contributed by atoms with Gasteiger partial charge in [-0.1, -0.05) is 86.6 Å². The van der Waals surface area contributed by atoms with Gasteiger partial charge >= 0.3 is 24.0 Å². The van der Waals surface area contributed by atoms with Gasteiger partial charge in [-0.25, -0.2) is 23.5 Å². The summed E-state index contributed by atoms with van der Waals surface area (Å²) < 4.78 is 38.4. The minimum Gasteiger partial charge on any atom is -1.00 e. The smallest absolute Gasteiger partial charge is 0.408 e. The number of ether oxygens (including phenoxy) is 6. The van der Waals surface area contributed by atoms with Gasteiger partial charge in [0.15, 0.2) is 17.5 Å². The van der Waals surface area contributed by atoms with E-state index in [2.05, 4.69) is 15.3 Å². The minimum atomic E-state index is -2.35. The molecule has 0 radical (unpaired) electrons. The van der Waals surface area contributed by atoms with Gasteiger partial charge in [0.25, 0.3) is 5.82 Å². The van der Waals surface area contributed by atoms with Crippen molar-refractivity contribution >= 4 is 41.4 Å². The number of benzene rings is 3. The van der Waals surface area contributed by atoms with Crippen LogP contribution >= 0.6 is 0 Å². The second kappa shape index (κ2) is 24.8. The first-order chi connectivity index (χ1) is 40.1. The Morgan fingerprint density at radius 3 is 2.10 bits per heavy atom. The SMILES string of the molecule is CC(=O)O[C@@]12CO[C@@H]1C[C@H](O)[C@@]1(C)C(=O)[C@H](O)C3=C(C)[C@@H](OC(=O)[C@H](O)[C@@H](NC(=O)OC(C)(C)C)c4ccccc4)C[C@@](O)([C@@H](OC(=O)c4ccccc4)[C@H]21)C3(C)C.COCCn1c2c([n+](Cc3cnccn3)c1C)C(=O)c1ccccc1C2=O.[Br-]. The maximum Gasteiger partial charge on any atom is 0.408 e. The number of halogens is 1. The van der Waals surface area contributed by atoms with Gasteiger partial charge < -0.3 is 71.1 Å². The largest absolute Gasteiger partial charge is 1.00 e. The zero-order chi connectivity index (χ0) is 61.7. The molecule has 1 aliphatic heterocycles. The van der Waals surface area contributed by atoms with Gasteiger partial charge in [0, 0.05) is 62.7 Å². The summed E-state index contributed by atoms with van der Waals surface area (Å²) in [6.45, 7) is 15.0. The summed E-state index contributed by atoms with van der Waals surface area (Å²) in [4.78, 5) is 104. The number of imidazole rings is 1. The molecule has 3 fully saturated rings. The van der Waals surface area contributed by atoms with Gasteiger partial charge in [-0.05, 0) is 63.5 Å². The summed E-state index contributed by atoms with van der Waals surface area (Å²) in [6.07, 6.45) is -6.61. The summed E-state index contributed by atoms with van der Waals surface area (Å²) >= 11 is 0. The van der Waals surface area contributed by atoms with Crippen LogP contribution in [-0.4, -0.2) is 150 Å². The monoisotopic (exact) mass is 1250 g/mol. The number of alkyl carbamates (subject to hydrolysis) is 1. The van der Waals surface area contributed by atoms with Crippen molar-refractivity contribution in [2.75, 3.05) is 20.3 Å². The highest BCUT2D eigenvalue weighted by atomic mass is 79.9. The number of hydrogen-bond acceptors (Lipinski definition) is 19. The first-order valence-corrected chi connectivity index (χ1v) is 28.0. The quantitative estimate of drug-likeness (QED) is 0.0475. The summed E-state index contributed by atoms with van der Waals surface area (Å²) in [5.41, 5.74) is -5.72. The Morgan fingerprint density at radius 1 is 0.895 bits per heavy atom. The van der Waals surface area contributed by atoms with Crippen molar-refractivity contribution in [3.8, 4) is 0 Å². The molecule has 2 saturated carbocycles. The summed E-state index contributed by atoms with van der Waals surface area (Å²) in [6, 6.07) is 21.6. The van der Waals surface area contributed by atoms with Crippen LogP contribution in [0, 0.1) is 23.7 Å². The minimum absolute atomic E-state index is 0. The lowest BCUT2D eigenvalue weighted by Gasteiger charge is -2.67. The van der Waals surface area contributed by atoms with E-state index >= 15 is 0 Å². The Hall–Kier alpha value is -7.38. The lowest BCUT2D eigenvalue weighted by atomic mass is 9.44. The lowest BCUT2D eigenvalue weighted by molar-refractivity contribution is -0.696. The number of rotatable bonds is 13. The standard InChI is InChI=1S/C43H53NO14.C20H19N4O3.BrH/c1-22-26(55-37(51)32(48)30(24-15-11-9-12-16-24)44-38(52)58-39(3,4)5)20-43(53)35(56-36(50)25-17-13-10-14-18-25)33-41(8,34(49)31(47)29(22)40(43,6)7)27(46)19-28-42(33,21-54-28)57-23(2)45;1-13-23(9-10-27-2)17-18(24(13)12-14-11-21-7-8-22-14)20(26)16-6-4-3-5-15(16)19(17)25;/h9-18,26-28,30-33,35,46-48,53H,19-21H2,1-8H3,(H,44,52);3-8,11H,9-10,12H2,1-2H3;1H/q;+1;/p-1/t26-,27-,28+,30-,31+,32+,33-,35-,41+,42-,43+;;/m0../s1. The van der Waals surface area contributed by atoms with Crippen LogP contribution < -0.4 is 26.9 Å². The fraction of sp³-hybridized carbons (Fsp3) is 0.460. The predicted molar refractivity (Wildman–Crippen MR) is 299 cm³/mol. The zero-order valence-corrected chi connectivity index (χ0v) is 51.0. The molecule has 0 spiro atoms. The van der Waals surface area contributed by atoms with E-state index in [1.54, 1.807) is 133 Å². The molecule has 23 heteroatoms. The molecule has 5 aromatic rings. The molecule has 2 bridgehead atoms. The van der Waals surface area contributed by atoms with Crippen LogP contribution in [-0.2, 0) is 55.9 Å². The zero-order valence-electron chi connectivity index (χ0n) is 49.4. The Kier molecular flexibility index (Phi) is 18.6. The Morgan fingerprint density at radius 2 is 1.52 bits per heavy atom. The van der Waals surface area contributed by atoms with E-state index in [0.29, 0.717) is 47.8 Å². The highest BCUT2D eigenvalue weighted by Crippen LogP contribution is 2.64. The first kappa shape index (κ1) is 64.6. The molecule has 3 aromatic carbocycles. The van der Waals surface area contributed by atoms with Crippen molar-refractivity contribution in [3.05, 3.63) is 160 Å². The molecule has 11 atom stereocenters. The van der Waals surface area contributed by atoms with Gasteiger partial charge in [-0.3, -0.25) is 29.1 Å². The van der Waals surface area contributed by atoms with Crippen molar-refractivity contribution in [1.82, 2.24) is 19.9 Å². The fourth-order valence-electron chi connectivity index (χ4n) is 13.1. The Labute approximate surface area is 507 Å². The number of hydrogen-bond donors (Lipinski definition) is 5. The molecule has 4 aliphatic carbocycles. The van der Waals surface area contributed by atoms with Crippen molar-refractivity contribution in [3.63, 3.8) is 0 Å². The number of aliphatic hydroxyl groups excluding tert-OH is 3. The topological polar surface area (TPSA) is 302 Å². The highest BCUT2D eigenvalue weighted by Gasteiger charge is 2.78. The Bertz CT molecular complexity index is 3460. The summed E-state index contributed by atoms with van der Waals surface area (Å²) in [7, 11) is 1.61. The maximum atomic E-state index is 14.9. The van der Waals surface area contributed by atoms with Crippen molar-refractivity contribution < 1.29 is 104 Å². The van der Waals surface area contributed by atoms with Gasteiger partial charge in [-0.15, -0.1) is 0 Å². The number of methoxy groups -OCH3 is 1. The number of esters is 3. The summed E-state index contributed by atoms with van der Waals surface area (Å²) in [5, 5.41) is 51.6. The molecule has 5 aliphatic rings. The molecular weight excluding hydrogens is 1180 g/mol. The molecular formula is C63H72BrN5O17. The van der Waals surface area contributed by atoms with Gasteiger partial charge in [0.2, 0.25) is 23.0 Å². The van der Waals surface area contributed by atoms with Crippen LogP contribution in [0.4, 0.5) is 4.79 Å². The molecule has 2 aromatic heterocycles. The fourth-order valence-corrected chi connectivity index (χ4v) is 13.1. The van der Waals surface area contributed by atoms with E-state index in [-0.39, 0.29) is 58.3 Å². The third kappa shape index (κ3) is 11.4. The molecule has 1 amide bonds. The van der Waals surface area contributed by atoms with Crippen LogP contribution in [0.25, 0.3) is 0 Å². The molecule has 1 saturated heterocycles. The second-order valence-corrected chi connectivity index (χ2v) is 23.9. The molecule has 10 rings (SSSR count). The number of carbonyl (C=O) groups is 7. The molecule has 22 nitrogen and oxygen atoms in total.